The summed E-state index contributed by atoms with van der Waals surface area (Å²) < 4.78 is 3.38. The van der Waals surface area contributed by atoms with Crippen molar-refractivity contribution in [1.29, 1.82) is 5.26 Å². The van der Waals surface area contributed by atoms with Crippen molar-refractivity contribution in [3.05, 3.63) is 47.3 Å². The number of nitriles is 1. The fourth-order valence-electron chi connectivity index (χ4n) is 3.29. The minimum atomic E-state index is -0.303. The number of aryl methyl sites for hydroxylation is 1. The van der Waals surface area contributed by atoms with E-state index in [9.17, 15) is 5.26 Å². The van der Waals surface area contributed by atoms with Crippen molar-refractivity contribution in [3.63, 3.8) is 0 Å². The van der Waals surface area contributed by atoms with E-state index in [-0.39, 0.29) is 10.8 Å². The van der Waals surface area contributed by atoms with Crippen molar-refractivity contribution < 1.29 is 0 Å². The summed E-state index contributed by atoms with van der Waals surface area (Å²) in [7, 11) is 0. The van der Waals surface area contributed by atoms with Gasteiger partial charge in [-0.25, -0.2) is 9.36 Å². The van der Waals surface area contributed by atoms with Crippen LogP contribution in [0.4, 0.5) is 17.3 Å². The molecule has 0 unspecified atom stereocenters. The number of benzene rings is 1. The van der Waals surface area contributed by atoms with Gasteiger partial charge in [0.25, 0.3) is 0 Å². The number of hydrogen-bond donors (Lipinski definition) is 1. The largest absolute Gasteiger partial charge is 0.382 e. The highest BCUT2D eigenvalue weighted by Crippen LogP contribution is 2.39. The van der Waals surface area contributed by atoms with Crippen molar-refractivity contribution >= 4 is 17.3 Å². The molecule has 8 nitrogen and oxygen atoms in total. The van der Waals surface area contributed by atoms with Crippen LogP contribution in [0.3, 0.4) is 0 Å². The molecule has 162 valence electrons. The summed E-state index contributed by atoms with van der Waals surface area (Å²) >= 11 is 0. The minimum Gasteiger partial charge on any atom is -0.382 e. The van der Waals surface area contributed by atoms with Gasteiger partial charge in [0.2, 0.25) is 0 Å². The Labute approximate surface area is 183 Å². The van der Waals surface area contributed by atoms with Crippen LogP contribution in [-0.2, 0) is 17.4 Å². The molecule has 3 rings (SSSR count). The van der Waals surface area contributed by atoms with Gasteiger partial charge >= 0.3 is 0 Å². The maximum Gasteiger partial charge on any atom is 0.191 e. The van der Waals surface area contributed by atoms with E-state index in [0.29, 0.717) is 35.1 Å². The smallest absolute Gasteiger partial charge is 0.191 e. The van der Waals surface area contributed by atoms with Crippen LogP contribution in [-0.4, -0.2) is 19.6 Å². The number of hydrogen-bond acceptors (Lipinski definition) is 6. The molecule has 0 radical (unpaired) electrons. The molecule has 2 N–H and O–H groups in total. The Balaban J connectivity index is 2.19. The summed E-state index contributed by atoms with van der Waals surface area (Å²) in [5.74, 6) is 0.832. The van der Waals surface area contributed by atoms with Gasteiger partial charge in [-0.3, -0.25) is 0 Å². The maximum atomic E-state index is 9.81. The van der Waals surface area contributed by atoms with Gasteiger partial charge in [0.1, 0.15) is 11.6 Å². The lowest BCUT2D eigenvalue weighted by atomic mass is 9.90. The van der Waals surface area contributed by atoms with Gasteiger partial charge < -0.3 is 5.73 Å². The predicted octanol–water partition coefficient (Wildman–Crippen LogP) is 5.55. The van der Waals surface area contributed by atoms with E-state index >= 15 is 0 Å². The molecule has 0 amide bonds. The fourth-order valence-corrected chi connectivity index (χ4v) is 3.29. The zero-order chi connectivity index (χ0) is 23.0. The molecule has 0 fully saturated rings. The van der Waals surface area contributed by atoms with Crippen LogP contribution in [0.1, 0.15) is 65.4 Å². The van der Waals surface area contributed by atoms with E-state index in [1.165, 1.54) is 0 Å². The minimum absolute atomic E-state index is 0.288. The molecule has 0 aliphatic carbocycles. The van der Waals surface area contributed by atoms with Gasteiger partial charge in [0, 0.05) is 17.4 Å². The van der Waals surface area contributed by atoms with E-state index in [4.69, 9.17) is 10.8 Å². The second kappa shape index (κ2) is 7.99. The van der Waals surface area contributed by atoms with Crippen LogP contribution < -0.4 is 5.73 Å². The number of azo groups is 1. The summed E-state index contributed by atoms with van der Waals surface area (Å²) in [5.41, 5.74) is 9.10. The van der Waals surface area contributed by atoms with Crippen LogP contribution in [0, 0.1) is 11.3 Å². The molecule has 31 heavy (non-hydrogen) atoms. The Morgan fingerprint density at radius 1 is 0.968 bits per heavy atom. The Morgan fingerprint density at radius 3 is 2.10 bits per heavy atom. The number of para-hydroxylation sites is 1. The number of nitrogens with zero attached hydrogens (tertiary/aromatic N) is 7. The lowest BCUT2D eigenvalue weighted by Gasteiger charge is -2.15. The normalized spacial score (nSPS) is 12.5. The predicted molar refractivity (Wildman–Crippen MR) is 122 cm³/mol. The summed E-state index contributed by atoms with van der Waals surface area (Å²) in [6, 6.07) is 11.9. The number of nitrogens with two attached hydrogens (primary N) is 1. The quantitative estimate of drug-likeness (QED) is 0.560. The molecule has 0 saturated heterocycles. The molecule has 0 atom stereocenters. The molecule has 0 bridgehead atoms. The highest BCUT2D eigenvalue weighted by molar-refractivity contribution is 5.66. The summed E-state index contributed by atoms with van der Waals surface area (Å²) in [6.07, 6.45) is 0. The van der Waals surface area contributed by atoms with Gasteiger partial charge in [0.15, 0.2) is 17.3 Å². The Kier molecular flexibility index (Phi) is 5.72. The lowest BCUT2D eigenvalue weighted by molar-refractivity contribution is 0.540. The van der Waals surface area contributed by atoms with E-state index in [2.05, 4.69) is 42.2 Å². The molecule has 0 aliphatic rings. The molecule has 8 heteroatoms. The SMILES string of the molecule is CCn1nc(C(C)(C)C)c(C#N)c1/N=N/c1c(C(C)(C)C)nn(-c2ccccc2)c1N. The topological polar surface area (TPSA) is 110 Å². The molecule has 2 heterocycles. The van der Waals surface area contributed by atoms with Gasteiger partial charge in [-0.2, -0.15) is 15.5 Å². The summed E-state index contributed by atoms with van der Waals surface area (Å²) in [4.78, 5) is 0. The summed E-state index contributed by atoms with van der Waals surface area (Å²) in [5, 5.41) is 28.1. The number of rotatable bonds is 4. The molecule has 1 aromatic carbocycles. The van der Waals surface area contributed by atoms with Gasteiger partial charge in [-0.15, -0.1) is 10.2 Å². The zero-order valence-electron chi connectivity index (χ0n) is 19.3. The second-order valence-corrected chi connectivity index (χ2v) is 9.50. The highest BCUT2D eigenvalue weighted by Gasteiger charge is 2.29. The Hall–Kier alpha value is -3.47. The fraction of sp³-hybridized carbons (Fsp3) is 0.435. The maximum absolute atomic E-state index is 9.81. The number of nitrogen functional groups attached to an aromatic ring is 1. The van der Waals surface area contributed by atoms with E-state index in [1.54, 1.807) is 9.36 Å². The first-order valence-corrected chi connectivity index (χ1v) is 10.4. The van der Waals surface area contributed by atoms with Crippen molar-refractivity contribution in [1.82, 2.24) is 19.6 Å². The molecule has 0 aliphatic heterocycles. The van der Waals surface area contributed by atoms with Crippen LogP contribution in [0.25, 0.3) is 5.69 Å². The van der Waals surface area contributed by atoms with Crippen molar-refractivity contribution in [2.45, 2.75) is 65.8 Å². The standard InChI is InChI=1S/C23H30N8/c1-8-30-21(16(14-24)18(28-30)22(2,3)4)27-26-17-19(23(5,6)7)29-31(20(17)25)15-12-10-9-11-13-15/h9-13H,8,25H2,1-7H3/b27-26+. The second-order valence-electron chi connectivity index (χ2n) is 9.50. The molecule has 3 aromatic rings. The number of aromatic nitrogens is 4. The third-order valence-corrected chi connectivity index (χ3v) is 4.90. The molecular formula is C23H30N8. The Bertz CT molecular complexity index is 1150. The Morgan fingerprint density at radius 2 is 1.58 bits per heavy atom. The van der Waals surface area contributed by atoms with E-state index in [1.807, 2.05) is 58.0 Å². The van der Waals surface area contributed by atoms with Gasteiger partial charge in [-0.1, -0.05) is 59.7 Å². The monoisotopic (exact) mass is 418 g/mol. The van der Waals surface area contributed by atoms with Gasteiger partial charge in [-0.05, 0) is 19.1 Å². The van der Waals surface area contributed by atoms with Crippen LogP contribution in [0.15, 0.2) is 40.6 Å². The van der Waals surface area contributed by atoms with Crippen LogP contribution in [0.2, 0.25) is 0 Å². The lowest BCUT2D eigenvalue weighted by Crippen LogP contribution is -2.14. The van der Waals surface area contributed by atoms with Crippen molar-refractivity contribution in [2.24, 2.45) is 10.2 Å². The van der Waals surface area contributed by atoms with Crippen molar-refractivity contribution in [2.75, 3.05) is 5.73 Å². The molecular weight excluding hydrogens is 388 g/mol. The first kappa shape index (κ1) is 22.2. The summed E-state index contributed by atoms with van der Waals surface area (Å²) in [6.45, 7) is 14.8. The molecule has 0 saturated carbocycles. The van der Waals surface area contributed by atoms with Crippen molar-refractivity contribution in [3.8, 4) is 11.8 Å². The highest BCUT2D eigenvalue weighted by atomic mass is 15.4. The van der Waals surface area contributed by atoms with Crippen LogP contribution >= 0.6 is 0 Å². The van der Waals surface area contributed by atoms with Gasteiger partial charge in [0.05, 0.1) is 17.1 Å². The average Bonchev–Trinajstić information content (AvgIpc) is 3.24. The molecule has 2 aromatic heterocycles. The number of anilines is 1. The third-order valence-electron chi connectivity index (χ3n) is 4.90. The molecule has 0 spiro atoms. The van der Waals surface area contributed by atoms with Crippen LogP contribution in [0.5, 0.6) is 0 Å². The third kappa shape index (κ3) is 4.22. The first-order chi connectivity index (χ1) is 14.5. The van der Waals surface area contributed by atoms with E-state index < -0.39 is 0 Å². The zero-order valence-corrected chi connectivity index (χ0v) is 19.3. The first-order valence-electron chi connectivity index (χ1n) is 10.4. The average molecular weight is 419 g/mol. The van der Waals surface area contributed by atoms with E-state index in [0.717, 1.165) is 11.4 Å².